The van der Waals surface area contributed by atoms with E-state index in [-0.39, 0.29) is 48.0 Å². The second-order valence-corrected chi connectivity index (χ2v) is 16.0. The number of nitrogens with zero attached hydrogens (tertiary/aromatic N) is 5. The Labute approximate surface area is 372 Å². The molecule has 4 aromatic rings. The minimum absolute atomic E-state index is 0.0599. The third kappa shape index (κ3) is 14.2. The van der Waals surface area contributed by atoms with Crippen molar-refractivity contribution in [2.75, 3.05) is 57.9 Å². The number of nitrogens with one attached hydrogen (secondary N) is 3. The number of fused-ring (bicyclic) bond motifs is 2. The van der Waals surface area contributed by atoms with E-state index >= 15 is 4.39 Å². The van der Waals surface area contributed by atoms with Gasteiger partial charge in [0.15, 0.2) is 11.6 Å². The highest BCUT2D eigenvalue weighted by Gasteiger charge is 2.38. The molecule has 1 amide bonds. The number of carboxylic acids is 1. The maximum absolute atomic E-state index is 15.3. The molecule has 0 spiro atoms. The molecule has 3 aliphatic rings. The fourth-order valence-corrected chi connectivity index (χ4v) is 7.56. The number of carbonyl (C=O) groups is 2. The van der Waals surface area contributed by atoms with Crippen molar-refractivity contribution in [3.8, 4) is 5.75 Å². The van der Waals surface area contributed by atoms with Gasteiger partial charge in [-0.1, -0.05) is 33.0 Å². The molecular formula is C44H63FN10O7S. The lowest BCUT2D eigenvalue weighted by molar-refractivity contribution is 0.0694. The fourth-order valence-electron chi connectivity index (χ4n) is 7.43. The average molecular weight is 895 g/mol. The van der Waals surface area contributed by atoms with Gasteiger partial charge in [0, 0.05) is 86.4 Å². The van der Waals surface area contributed by atoms with E-state index in [1.54, 1.807) is 10.8 Å². The molecule has 1 aromatic carbocycles. The Hall–Kier alpha value is -5.18. The Balaban J connectivity index is 0.000000213. The van der Waals surface area contributed by atoms with Crippen LogP contribution in [0.1, 0.15) is 97.4 Å². The van der Waals surface area contributed by atoms with Crippen LogP contribution in [0.25, 0.3) is 10.9 Å². The molecule has 3 fully saturated rings. The summed E-state index contributed by atoms with van der Waals surface area (Å²) >= 11 is 4.82. The van der Waals surface area contributed by atoms with Gasteiger partial charge in [-0.05, 0) is 75.6 Å². The van der Waals surface area contributed by atoms with E-state index in [4.69, 9.17) is 38.6 Å². The number of aliphatic hydroxyl groups excluding tert-OH is 2. The maximum atomic E-state index is 15.3. The summed E-state index contributed by atoms with van der Waals surface area (Å²) in [6.07, 6.45) is 14.1. The Bertz CT molecular complexity index is 2140. The molecule has 0 radical (unpaired) electrons. The normalized spacial score (nSPS) is 17.4. The molecule has 5 heterocycles. The highest BCUT2D eigenvalue weighted by molar-refractivity contribution is 7.80. The molecule has 2 saturated heterocycles. The molecule has 0 unspecified atom stereocenters. The van der Waals surface area contributed by atoms with Crippen molar-refractivity contribution in [1.29, 1.82) is 0 Å². The van der Waals surface area contributed by atoms with Crippen molar-refractivity contribution in [1.82, 2.24) is 35.5 Å². The third-order valence-corrected chi connectivity index (χ3v) is 11.4. The van der Waals surface area contributed by atoms with Gasteiger partial charge in [-0.3, -0.25) is 19.6 Å². The van der Waals surface area contributed by atoms with E-state index < -0.39 is 23.1 Å². The van der Waals surface area contributed by atoms with Gasteiger partial charge in [-0.2, -0.15) is 0 Å². The molecule has 19 heteroatoms. The SMILES string of the molecule is CC[C@@H](CO)NCCN[C@@H](CC)CO.CCc1cc(C(N)=S)ccn1.COc1c(N2C[C@@H]3CCCN[C@@H]3C2)c(F)cc2c(=O)c(C(=O)O)cn(C3CC3)c12.NC(=O)c1cnccn1. The Morgan fingerprint density at radius 2 is 1.70 bits per heavy atom. The van der Waals surface area contributed by atoms with Crippen molar-refractivity contribution in [2.45, 2.75) is 89.9 Å². The first kappa shape index (κ1) is 50.5. The third-order valence-electron chi connectivity index (χ3n) is 11.2. The molecule has 10 N–H and O–H groups in total. The minimum atomic E-state index is -1.30. The predicted octanol–water partition coefficient (Wildman–Crippen LogP) is 2.93. The second-order valence-electron chi connectivity index (χ2n) is 15.5. The van der Waals surface area contributed by atoms with Crippen LogP contribution in [0, 0.1) is 11.7 Å². The molecule has 63 heavy (non-hydrogen) atoms. The molecule has 4 atom stereocenters. The Kier molecular flexibility index (Phi) is 20.2. The summed E-state index contributed by atoms with van der Waals surface area (Å²) < 4.78 is 22.8. The summed E-state index contributed by atoms with van der Waals surface area (Å²) in [7, 11) is 1.48. The van der Waals surface area contributed by atoms with Crippen LogP contribution in [0.2, 0.25) is 0 Å². The number of benzene rings is 1. The first-order chi connectivity index (χ1) is 30.3. The number of aromatic nitrogens is 4. The number of aliphatic hydroxyl groups is 2. The number of pyridine rings is 2. The topological polar surface area (TPSA) is 256 Å². The van der Waals surface area contributed by atoms with E-state index in [2.05, 4.69) is 30.9 Å². The lowest BCUT2D eigenvalue weighted by atomic mass is 9.94. The van der Waals surface area contributed by atoms with Crippen LogP contribution in [0.5, 0.6) is 5.75 Å². The molecular weight excluding hydrogens is 832 g/mol. The predicted molar refractivity (Wildman–Crippen MR) is 245 cm³/mol. The molecule has 1 saturated carbocycles. The zero-order chi connectivity index (χ0) is 46.1. The van der Waals surface area contributed by atoms with E-state index in [1.807, 2.05) is 37.8 Å². The lowest BCUT2D eigenvalue weighted by Crippen LogP contribution is -2.40. The summed E-state index contributed by atoms with van der Waals surface area (Å²) in [5, 5.41) is 37.3. The number of rotatable bonds is 16. The van der Waals surface area contributed by atoms with E-state index in [0.29, 0.717) is 40.4 Å². The quantitative estimate of drug-likeness (QED) is 0.0595. The molecule has 0 bridgehead atoms. The molecule has 1 aliphatic carbocycles. The van der Waals surface area contributed by atoms with E-state index in [1.165, 1.54) is 38.0 Å². The number of methoxy groups -OCH3 is 1. The number of carboxylic acid groups (broad SMARTS) is 1. The largest absolute Gasteiger partial charge is 0.492 e. The number of anilines is 1. The van der Waals surface area contributed by atoms with Gasteiger partial charge >= 0.3 is 5.97 Å². The van der Waals surface area contributed by atoms with Crippen LogP contribution in [-0.4, -0.2) is 123 Å². The molecule has 2 aliphatic heterocycles. The van der Waals surface area contributed by atoms with Crippen molar-refractivity contribution in [2.24, 2.45) is 17.4 Å². The fraction of sp³-hybridized carbons (Fsp3) is 0.523. The van der Waals surface area contributed by atoms with Crippen LogP contribution < -0.4 is 42.5 Å². The lowest BCUT2D eigenvalue weighted by Gasteiger charge is -2.25. The molecule has 344 valence electrons. The number of ether oxygens (including phenoxy) is 1. The number of hydrogen-bond acceptors (Lipinski definition) is 14. The van der Waals surface area contributed by atoms with Crippen molar-refractivity contribution in [3.05, 3.63) is 87.7 Å². The second kappa shape index (κ2) is 25.2. The zero-order valence-corrected chi connectivity index (χ0v) is 37.4. The number of carbonyl (C=O) groups excluding carboxylic acids is 1. The minimum Gasteiger partial charge on any atom is -0.492 e. The Morgan fingerprint density at radius 1 is 1.02 bits per heavy atom. The van der Waals surface area contributed by atoms with Crippen molar-refractivity contribution >= 4 is 45.7 Å². The van der Waals surface area contributed by atoms with Crippen LogP contribution in [0.3, 0.4) is 0 Å². The molecule has 7 rings (SSSR count). The zero-order valence-electron chi connectivity index (χ0n) is 36.6. The van der Waals surface area contributed by atoms with E-state index in [0.717, 1.165) is 82.4 Å². The van der Waals surface area contributed by atoms with Crippen molar-refractivity contribution in [3.63, 3.8) is 0 Å². The summed E-state index contributed by atoms with van der Waals surface area (Å²) in [4.78, 5) is 48.5. The number of aryl methyl sites for hydroxylation is 1. The number of piperidine rings is 1. The van der Waals surface area contributed by atoms with Gasteiger partial charge < -0.3 is 56.9 Å². The van der Waals surface area contributed by atoms with Gasteiger partial charge in [-0.25, -0.2) is 14.2 Å². The number of primary amides is 1. The number of nitrogens with two attached hydrogens (primary N) is 2. The van der Waals surface area contributed by atoms with Gasteiger partial charge in [-0.15, -0.1) is 0 Å². The van der Waals surface area contributed by atoms with Gasteiger partial charge in [0.25, 0.3) is 5.91 Å². The molecule has 17 nitrogen and oxygen atoms in total. The smallest absolute Gasteiger partial charge is 0.341 e. The summed E-state index contributed by atoms with van der Waals surface area (Å²) in [5.41, 5.74) is 12.3. The number of aromatic carboxylic acids is 1. The standard InChI is InChI=1S/C21H24FN3O4.C10H24N2O2.C8H10N2S.C5H5N3O/c1-29-20-17-13(19(26)14(21(27)28)9-25(17)12-4-5-12)7-15(22)18(20)24-8-11-3-2-6-23-16(11)10-24;1-3-9(7-13)11-5-6-12-10(4-2)8-14;1-2-7-5-6(8(9)11)3-4-10-7;6-5(9)4-3-7-1-2-8-4/h7,9,11-12,16,23H,2-6,8,10H2,1H3,(H,27,28);9-14H,3-8H2,1-2H3;3-5H,2H2,1H3,(H2,9,11);1-3H,(H2,6,9)/t11-,16+;9-,10-;;/m00../s1. The first-order valence-corrected chi connectivity index (χ1v) is 21.9. The summed E-state index contributed by atoms with van der Waals surface area (Å²) in [6, 6.07) is 5.76. The van der Waals surface area contributed by atoms with Gasteiger partial charge in [0.1, 0.15) is 21.9 Å². The Morgan fingerprint density at radius 3 is 2.19 bits per heavy atom. The van der Waals surface area contributed by atoms with E-state index in [9.17, 15) is 19.5 Å². The van der Waals surface area contributed by atoms with Crippen LogP contribution in [0.15, 0.2) is 54.0 Å². The number of amides is 1. The van der Waals surface area contributed by atoms with Crippen LogP contribution >= 0.6 is 12.2 Å². The van der Waals surface area contributed by atoms with Gasteiger partial charge in [0.2, 0.25) is 5.43 Å². The van der Waals surface area contributed by atoms with Crippen molar-refractivity contribution < 1.29 is 34.0 Å². The average Bonchev–Trinajstić information content (AvgIpc) is 4.06. The number of hydrogen-bond donors (Lipinski definition) is 8. The summed E-state index contributed by atoms with van der Waals surface area (Å²) in [5.74, 6) is -1.62. The number of thiocarbonyl (C=S) groups is 1. The molecule has 3 aromatic heterocycles. The van der Waals surface area contributed by atoms with Gasteiger partial charge in [0.05, 0.1) is 37.4 Å². The highest BCUT2D eigenvalue weighted by Crippen LogP contribution is 2.45. The summed E-state index contributed by atoms with van der Waals surface area (Å²) in [6.45, 7) is 10.6. The monoisotopic (exact) mass is 894 g/mol. The highest BCUT2D eigenvalue weighted by atomic mass is 32.1. The number of halogens is 1. The van der Waals surface area contributed by atoms with Crippen LogP contribution in [-0.2, 0) is 6.42 Å². The van der Waals surface area contributed by atoms with Crippen LogP contribution in [0.4, 0.5) is 10.1 Å². The first-order valence-electron chi connectivity index (χ1n) is 21.5. The maximum Gasteiger partial charge on any atom is 0.341 e.